The van der Waals surface area contributed by atoms with Crippen molar-refractivity contribution in [2.24, 2.45) is 4.40 Å². The van der Waals surface area contributed by atoms with Crippen LogP contribution in [0.25, 0.3) is 0 Å². The lowest BCUT2D eigenvalue weighted by molar-refractivity contribution is 0.598. The minimum atomic E-state index is -3.71. The van der Waals surface area contributed by atoms with E-state index in [4.69, 9.17) is 23.2 Å². The van der Waals surface area contributed by atoms with Gasteiger partial charge in [0.05, 0.1) is 9.92 Å². The molecule has 0 aromatic heterocycles. The average molecular weight is 314 g/mol. The summed E-state index contributed by atoms with van der Waals surface area (Å²) < 4.78 is 27.4. The molecular formula is C13H9Cl2NO2S. The van der Waals surface area contributed by atoms with Crippen molar-refractivity contribution in [3.8, 4) is 0 Å². The molecule has 0 heterocycles. The molecule has 0 spiro atoms. The van der Waals surface area contributed by atoms with Gasteiger partial charge >= 0.3 is 0 Å². The minimum Gasteiger partial charge on any atom is -0.199 e. The Morgan fingerprint density at radius 3 is 2.32 bits per heavy atom. The molecule has 6 heteroatoms. The monoisotopic (exact) mass is 313 g/mol. The van der Waals surface area contributed by atoms with Gasteiger partial charge in [-0.3, -0.25) is 0 Å². The quantitative estimate of drug-likeness (QED) is 0.809. The number of nitrogens with zero attached hydrogens (tertiary/aromatic N) is 1. The van der Waals surface area contributed by atoms with Crippen LogP contribution in [0.5, 0.6) is 0 Å². The van der Waals surface area contributed by atoms with E-state index < -0.39 is 10.0 Å². The van der Waals surface area contributed by atoms with Crippen molar-refractivity contribution in [3.05, 3.63) is 64.1 Å². The van der Waals surface area contributed by atoms with E-state index in [1.165, 1.54) is 24.4 Å². The normalized spacial score (nSPS) is 11.9. The fraction of sp³-hybridized carbons (Fsp3) is 0. The number of sulfonamides is 1. The fourth-order valence-corrected chi connectivity index (χ4v) is 2.72. The lowest BCUT2D eigenvalue weighted by Gasteiger charge is -1.99. The summed E-state index contributed by atoms with van der Waals surface area (Å²) in [4.78, 5) is 0.135. The molecule has 0 unspecified atom stereocenters. The molecule has 2 aromatic carbocycles. The second-order valence-electron chi connectivity index (χ2n) is 3.69. The van der Waals surface area contributed by atoms with Crippen molar-refractivity contribution in [2.75, 3.05) is 0 Å². The van der Waals surface area contributed by atoms with Gasteiger partial charge in [0.2, 0.25) is 0 Å². The van der Waals surface area contributed by atoms with E-state index in [1.54, 1.807) is 30.3 Å². The van der Waals surface area contributed by atoms with Gasteiger partial charge in [0, 0.05) is 16.8 Å². The number of hydrogen-bond acceptors (Lipinski definition) is 2. The Morgan fingerprint density at radius 1 is 1.00 bits per heavy atom. The average Bonchev–Trinajstić information content (AvgIpc) is 2.39. The van der Waals surface area contributed by atoms with Gasteiger partial charge in [-0.25, -0.2) is 0 Å². The molecule has 98 valence electrons. The van der Waals surface area contributed by atoms with E-state index in [0.717, 1.165) is 0 Å². The van der Waals surface area contributed by atoms with E-state index in [0.29, 0.717) is 15.6 Å². The summed E-state index contributed by atoms with van der Waals surface area (Å²) in [6.45, 7) is 0. The number of hydrogen-bond donors (Lipinski definition) is 0. The largest absolute Gasteiger partial charge is 0.282 e. The predicted molar refractivity (Wildman–Crippen MR) is 77.7 cm³/mol. The van der Waals surface area contributed by atoms with Crippen LogP contribution in [-0.4, -0.2) is 14.6 Å². The summed E-state index contributed by atoms with van der Waals surface area (Å²) in [7, 11) is -3.71. The van der Waals surface area contributed by atoms with Gasteiger partial charge in [-0.05, 0) is 24.3 Å². The van der Waals surface area contributed by atoms with Gasteiger partial charge in [-0.2, -0.15) is 12.8 Å². The molecular weight excluding hydrogens is 305 g/mol. The van der Waals surface area contributed by atoms with Crippen LogP contribution in [0.1, 0.15) is 5.56 Å². The summed E-state index contributed by atoms with van der Waals surface area (Å²) in [5.41, 5.74) is 0.491. The SMILES string of the molecule is O=S(=O)(/N=C\c1ccc(Cl)cc1Cl)c1ccccc1. The fourth-order valence-electron chi connectivity index (χ4n) is 1.39. The van der Waals surface area contributed by atoms with Gasteiger partial charge in [0.15, 0.2) is 0 Å². The summed E-state index contributed by atoms with van der Waals surface area (Å²) in [5.74, 6) is 0. The van der Waals surface area contributed by atoms with Crippen LogP contribution < -0.4 is 0 Å². The zero-order valence-electron chi connectivity index (χ0n) is 9.62. The first-order valence-electron chi connectivity index (χ1n) is 5.29. The molecule has 0 N–H and O–H groups in total. The number of rotatable bonds is 3. The molecule has 0 aliphatic heterocycles. The summed E-state index contributed by atoms with van der Waals surface area (Å²) >= 11 is 11.7. The molecule has 0 amide bonds. The number of halogens is 2. The van der Waals surface area contributed by atoms with Crippen molar-refractivity contribution in [1.29, 1.82) is 0 Å². The second-order valence-corrected chi connectivity index (χ2v) is 6.16. The van der Waals surface area contributed by atoms with E-state index in [9.17, 15) is 8.42 Å². The Labute approximate surface area is 121 Å². The van der Waals surface area contributed by atoms with Crippen LogP contribution in [-0.2, 0) is 10.0 Å². The molecule has 0 aliphatic carbocycles. The lowest BCUT2D eigenvalue weighted by Crippen LogP contribution is -1.97. The Morgan fingerprint density at radius 2 is 1.68 bits per heavy atom. The topological polar surface area (TPSA) is 46.5 Å². The zero-order valence-corrected chi connectivity index (χ0v) is 12.0. The molecule has 3 nitrogen and oxygen atoms in total. The van der Waals surface area contributed by atoms with Crippen LogP contribution in [0.3, 0.4) is 0 Å². The van der Waals surface area contributed by atoms with Crippen LogP contribution >= 0.6 is 23.2 Å². The van der Waals surface area contributed by atoms with Crippen molar-refractivity contribution in [3.63, 3.8) is 0 Å². The van der Waals surface area contributed by atoms with Crippen molar-refractivity contribution in [1.82, 2.24) is 0 Å². The van der Waals surface area contributed by atoms with Crippen molar-refractivity contribution >= 4 is 39.4 Å². The molecule has 0 saturated carbocycles. The molecule has 19 heavy (non-hydrogen) atoms. The second kappa shape index (κ2) is 5.74. The Bertz CT molecular complexity index is 713. The first-order valence-corrected chi connectivity index (χ1v) is 7.49. The van der Waals surface area contributed by atoms with Gasteiger partial charge in [-0.15, -0.1) is 0 Å². The molecule has 2 rings (SSSR count). The summed E-state index contributed by atoms with van der Waals surface area (Å²) in [6, 6.07) is 12.7. The molecule has 2 aromatic rings. The highest BCUT2D eigenvalue weighted by atomic mass is 35.5. The summed E-state index contributed by atoms with van der Waals surface area (Å²) in [5, 5.41) is 0.826. The molecule has 0 fully saturated rings. The van der Waals surface area contributed by atoms with E-state index in [-0.39, 0.29) is 4.90 Å². The third-order valence-electron chi connectivity index (χ3n) is 2.33. The van der Waals surface area contributed by atoms with Crippen molar-refractivity contribution in [2.45, 2.75) is 4.90 Å². The molecule has 0 saturated heterocycles. The van der Waals surface area contributed by atoms with Crippen LogP contribution in [0, 0.1) is 0 Å². The Kier molecular flexibility index (Phi) is 4.24. The maximum absolute atomic E-state index is 11.9. The predicted octanol–water partition coefficient (Wildman–Crippen LogP) is 3.80. The first kappa shape index (κ1) is 14.1. The van der Waals surface area contributed by atoms with Crippen LogP contribution in [0.2, 0.25) is 10.0 Å². The Balaban J connectivity index is 2.33. The zero-order chi connectivity index (χ0) is 13.9. The molecule has 0 bridgehead atoms. The maximum atomic E-state index is 11.9. The van der Waals surface area contributed by atoms with Gasteiger partial charge < -0.3 is 0 Å². The van der Waals surface area contributed by atoms with E-state index in [1.807, 2.05) is 0 Å². The van der Waals surface area contributed by atoms with Crippen molar-refractivity contribution < 1.29 is 8.42 Å². The highest BCUT2D eigenvalue weighted by Crippen LogP contribution is 2.20. The first-order chi connectivity index (χ1) is 8.99. The molecule has 0 atom stereocenters. The third-order valence-corrected chi connectivity index (χ3v) is 4.15. The van der Waals surface area contributed by atoms with Crippen LogP contribution in [0.4, 0.5) is 0 Å². The lowest BCUT2D eigenvalue weighted by atomic mass is 10.2. The molecule has 0 aliphatic rings. The van der Waals surface area contributed by atoms with Gasteiger partial charge in [0.1, 0.15) is 0 Å². The smallest absolute Gasteiger partial charge is 0.199 e. The number of benzene rings is 2. The summed E-state index contributed by atoms with van der Waals surface area (Å²) in [6.07, 6.45) is 1.21. The molecule has 0 radical (unpaired) electrons. The van der Waals surface area contributed by atoms with E-state index in [2.05, 4.69) is 4.40 Å². The van der Waals surface area contributed by atoms with E-state index >= 15 is 0 Å². The van der Waals surface area contributed by atoms with Gasteiger partial charge in [0.25, 0.3) is 10.0 Å². The minimum absolute atomic E-state index is 0.135. The highest BCUT2D eigenvalue weighted by Gasteiger charge is 2.10. The van der Waals surface area contributed by atoms with Gasteiger partial charge in [-0.1, -0.05) is 47.5 Å². The third kappa shape index (κ3) is 3.56. The Hall–Kier alpha value is -1.36. The standard InChI is InChI=1S/C13H9Cl2NO2S/c14-11-7-6-10(13(15)8-11)9-16-19(17,18)12-4-2-1-3-5-12/h1-9H/b16-9-. The van der Waals surface area contributed by atoms with Crippen LogP contribution in [0.15, 0.2) is 57.8 Å². The maximum Gasteiger partial charge on any atom is 0.282 e. The highest BCUT2D eigenvalue weighted by molar-refractivity contribution is 7.90.